The average Bonchev–Trinajstić information content (AvgIpc) is 2.79. The number of aliphatic hydroxyl groups excluding tert-OH is 1. The maximum atomic E-state index is 12.2. The van der Waals surface area contributed by atoms with Crippen LogP contribution >= 0.6 is 11.3 Å². The molecule has 21 heavy (non-hydrogen) atoms. The summed E-state index contributed by atoms with van der Waals surface area (Å²) in [6, 6.07) is 6.34. The normalized spacial score (nSPS) is 12.1. The van der Waals surface area contributed by atoms with Crippen molar-refractivity contribution in [3.8, 4) is 5.75 Å². The van der Waals surface area contributed by atoms with Crippen LogP contribution in [0.15, 0.2) is 24.3 Å². The molecule has 0 aliphatic carbocycles. The van der Waals surface area contributed by atoms with Gasteiger partial charge < -0.3 is 15.5 Å². The highest BCUT2D eigenvalue weighted by Gasteiger charge is 2.18. The van der Waals surface area contributed by atoms with Crippen LogP contribution in [0.3, 0.4) is 0 Å². The number of thiazole rings is 1. The van der Waals surface area contributed by atoms with Gasteiger partial charge in [-0.15, -0.1) is 11.3 Å². The van der Waals surface area contributed by atoms with Crippen molar-refractivity contribution in [3.63, 3.8) is 0 Å². The molecule has 1 amide bonds. The number of aromatic hydroxyl groups is 1. The average molecular weight is 306 g/mol. The second-order valence-corrected chi connectivity index (χ2v) is 6.07. The highest BCUT2D eigenvalue weighted by molar-refractivity contribution is 7.13. The lowest BCUT2D eigenvalue weighted by Crippen LogP contribution is -2.39. The lowest BCUT2D eigenvalue weighted by Gasteiger charge is -2.16. The van der Waals surface area contributed by atoms with Crippen LogP contribution in [0.4, 0.5) is 0 Å². The number of hydrogen-bond donors (Lipinski definition) is 3. The number of aromatic nitrogens is 1. The zero-order valence-electron chi connectivity index (χ0n) is 12.0. The number of hydrogen-bond acceptors (Lipinski definition) is 5. The first-order valence-electron chi connectivity index (χ1n) is 6.63. The summed E-state index contributed by atoms with van der Waals surface area (Å²) in [5.41, 5.74) is 1.64. The quantitative estimate of drug-likeness (QED) is 0.786. The number of nitrogens with one attached hydrogen (secondary N) is 1. The van der Waals surface area contributed by atoms with Crippen molar-refractivity contribution in [3.05, 3.63) is 45.4 Å². The molecule has 1 atom stereocenters. The minimum Gasteiger partial charge on any atom is -0.508 e. The molecule has 2 aromatic rings. The van der Waals surface area contributed by atoms with Crippen LogP contribution in [0.5, 0.6) is 5.75 Å². The Morgan fingerprint density at radius 3 is 2.52 bits per heavy atom. The molecule has 0 spiro atoms. The van der Waals surface area contributed by atoms with Crippen LogP contribution in [-0.2, 0) is 6.42 Å². The molecule has 0 unspecified atom stereocenters. The SMILES string of the molecule is Cc1nc(C)c(C(=O)N[C@H](CO)Cc2ccc(O)cc2)s1. The maximum Gasteiger partial charge on any atom is 0.263 e. The first-order chi connectivity index (χ1) is 9.99. The molecule has 0 fully saturated rings. The van der Waals surface area contributed by atoms with Gasteiger partial charge in [0.2, 0.25) is 0 Å². The molecule has 0 saturated carbocycles. The monoisotopic (exact) mass is 306 g/mol. The summed E-state index contributed by atoms with van der Waals surface area (Å²) < 4.78 is 0. The highest BCUT2D eigenvalue weighted by Crippen LogP contribution is 2.17. The van der Waals surface area contributed by atoms with Gasteiger partial charge in [0.25, 0.3) is 5.91 Å². The van der Waals surface area contributed by atoms with Crippen molar-refractivity contribution in [2.75, 3.05) is 6.61 Å². The standard InChI is InChI=1S/C15H18N2O3S/c1-9-14(21-10(2)16-9)15(20)17-12(8-18)7-11-3-5-13(19)6-4-11/h3-6,12,18-19H,7-8H2,1-2H3,(H,17,20)/t12-/m0/s1. The van der Waals surface area contributed by atoms with E-state index in [4.69, 9.17) is 0 Å². The number of benzene rings is 1. The Balaban J connectivity index is 2.03. The van der Waals surface area contributed by atoms with Crippen molar-refractivity contribution in [1.29, 1.82) is 0 Å². The summed E-state index contributed by atoms with van der Waals surface area (Å²) >= 11 is 1.35. The molecule has 1 aromatic heterocycles. The van der Waals surface area contributed by atoms with Crippen LogP contribution in [0, 0.1) is 13.8 Å². The van der Waals surface area contributed by atoms with Gasteiger partial charge in [0.1, 0.15) is 10.6 Å². The third-order valence-electron chi connectivity index (χ3n) is 3.08. The molecule has 5 nitrogen and oxygen atoms in total. The number of amides is 1. The first kappa shape index (κ1) is 15.5. The van der Waals surface area contributed by atoms with E-state index >= 15 is 0 Å². The van der Waals surface area contributed by atoms with Crippen molar-refractivity contribution in [1.82, 2.24) is 10.3 Å². The minimum absolute atomic E-state index is 0.149. The van der Waals surface area contributed by atoms with Crippen LogP contribution < -0.4 is 5.32 Å². The maximum absolute atomic E-state index is 12.2. The third kappa shape index (κ3) is 4.03. The fourth-order valence-corrected chi connectivity index (χ4v) is 2.89. The number of carbonyl (C=O) groups is 1. The van der Waals surface area contributed by atoms with Gasteiger partial charge in [-0.1, -0.05) is 12.1 Å². The van der Waals surface area contributed by atoms with E-state index in [9.17, 15) is 15.0 Å². The predicted molar refractivity (Wildman–Crippen MR) is 81.7 cm³/mol. The lowest BCUT2D eigenvalue weighted by atomic mass is 10.1. The molecule has 2 rings (SSSR count). The second kappa shape index (κ2) is 6.69. The number of phenols is 1. The zero-order chi connectivity index (χ0) is 15.4. The fraction of sp³-hybridized carbons (Fsp3) is 0.333. The summed E-state index contributed by atoms with van der Waals surface area (Å²) in [7, 11) is 0. The van der Waals surface area contributed by atoms with E-state index in [1.54, 1.807) is 31.2 Å². The second-order valence-electron chi connectivity index (χ2n) is 4.87. The molecule has 1 aromatic carbocycles. The van der Waals surface area contributed by atoms with Gasteiger partial charge in [0.05, 0.1) is 23.4 Å². The Kier molecular flexibility index (Phi) is 4.93. The van der Waals surface area contributed by atoms with Gasteiger partial charge in [-0.25, -0.2) is 4.98 Å². The highest BCUT2D eigenvalue weighted by atomic mass is 32.1. The topological polar surface area (TPSA) is 82.5 Å². The Morgan fingerprint density at radius 1 is 1.33 bits per heavy atom. The minimum atomic E-state index is -0.371. The van der Waals surface area contributed by atoms with Crippen LogP contribution in [0.2, 0.25) is 0 Å². The van der Waals surface area contributed by atoms with Gasteiger partial charge >= 0.3 is 0 Å². The molecule has 0 bridgehead atoms. The summed E-state index contributed by atoms with van der Waals surface area (Å²) in [4.78, 5) is 17.0. The molecule has 0 saturated heterocycles. The van der Waals surface area contributed by atoms with E-state index in [0.29, 0.717) is 17.0 Å². The summed E-state index contributed by atoms with van der Waals surface area (Å²) in [5, 5.41) is 22.3. The van der Waals surface area contributed by atoms with Crippen LogP contribution in [-0.4, -0.2) is 33.8 Å². The molecule has 1 heterocycles. The van der Waals surface area contributed by atoms with E-state index in [-0.39, 0.29) is 24.3 Å². The fourth-order valence-electron chi connectivity index (χ4n) is 2.07. The summed E-state index contributed by atoms with van der Waals surface area (Å²) in [5.74, 6) is -0.0185. The van der Waals surface area contributed by atoms with Gasteiger partial charge in [-0.3, -0.25) is 4.79 Å². The van der Waals surface area contributed by atoms with Crippen LogP contribution in [0.25, 0.3) is 0 Å². The van der Waals surface area contributed by atoms with Crippen LogP contribution in [0.1, 0.15) is 25.9 Å². The van der Waals surface area contributed by atoms with Crippen molar-refractivity contribution in [2.45, 2.75) is 26.3 Å². The predicted octanol–water partition coefficient (Wildman–Crippen LogP) is 1.80. The molecule has 6 heteroatoms. The van der Waals surface area contributed by atoms with E-state index < -0.39 is 0 Å². The molecule has 3 N–H and O–H groups in total. The van der Waals surface area contributed by atoms with Gasteiger partial charge in [0.15, 0.2) is 0 Å². The number of nitrogens with zero attached hydrogens (tertiary/aromatic N) is 1. The number of aryl methyl sites for hydroxylation is 2. The molecular formula is C15H18N2O3S. The smallest absolute Gasteiger partial charge is 0.263 e. The van der Waals surface area contributed by atoms with E-state index in [0.717, 1.165) is 10.6 Å². The van der Waals surface area contributed by atoms with Crippen molar-refractivity contribution >= 4 is 17.2 Å². The third-order valence-corrected chi connectivity index (χ3v) is 4.16. The summed E-state index contributed by atoms with van der Waals surface area (Å²) in [6.07, 6.45) is 0.499. The molecule has 0 radical (unpaired) electrons. The summed E-state index contributed by atoms with van der Waals surface area (Å²) in [6.45, 7) is 3.50. The molecular weight excluding hydrogens is 288 g/mol. The number of rotatable bonds is 5. The molecule has 112 valence electrons. The Morgan fingerprint density at radius 2 is 2.00 bits per heavy atom. The van der Waals surface area contributed by atoms with E-state index in [1.807, 2.05) is 6.92 Å². The molecule has 0 aliphatic rings. The van der Waals surface area contributed by atoms with Gasteiger partial charge in [0, 0.05) is 0 Å². The molecule has 0 aliphatic heterocycles. The Labute approximate surface area is 127 Å². The Hall–Kier alpha value is -1.92. The number of phenolic OH excluding ortho intramolecular Hbond substituents is 1. The largest absolute Gasteiger partial charge is 0.508 e. The number of aliphatic hydroxyl groups is 1. The van der Waals surface area contributed by atoms with Crippen molar-refractivity contribution in [2.24, 2.45) is 0 Å². The first-order valence-corrected chi connectivity index (χ1v) is 7.45. The van der Waals surface area contributed by atoms with Crippen molar-refractivity contribution < 1.29 is 15.0 Å². The number of carbonyl (C=O) groups excluding carboxylic acids is 1. The van der Waals surface area contributed by atoms with Gasteiger partial charge in [-0.2, -0.15) is 0 Å². The lowest BCUT2D eigenvalue weighted by molar-refractivity contribution is 0.0920. The zero-order valence-corrected chi connectivity index (χ0v) is 12.8. The van der Waals surface area contributed by atoms with Gasteiger partial charge in [-0.05, 0) is 38.0 Å². The Bertz CT molecular complexity index is 622. The van der Waals surface area contributed by atoms with E-state index in [2.05, 4.69) is 10.3 Å². The van der Waals surface area contributed by atoms with E-state index in [1.165, 1.54) is 11.3 Å².